The zero-order valence-electron chi connectivity index (χ0n) is 14.2. The van der Waals surface area contributed by atoms with E-state index in [1.165, 1.54) is 18.2 Å². The standard InChI is InChI=1S/C18H18F2N6/c1-26(10-12-4-2-3-5-15(12)20)11-16-23-17(21)25-18(24-16)22-14-8-6-13(19)7-9-14/h2-9H,10-11H2,1H3,(H3,21,22,23,24,25). The number of nitrogens with two attached hydrogens (primary N) is 1. The van der Waals surface area contributed by atoms with Gasteiger partial charge in [-0.05, 0) is 37.4 Å². The fraction of sp³-hybridized carbons (Fsp3) is 0.167. The molecule has 0 aliphatic rings. The third-order valence-electron chi connectivity index (χ3n) is 3.61. The highest BCUT2D eigenvalue weighted by Gasteiger charge is 2.10. The topological polar surface area (TPSA) is 80.0 Å². The largest absolute Gasteiger partial charge is 0.368 e. The van der Waals surface area contributed by atoms with Gasteiger partial charge in [0, 0.05) is 17.8 Å². The summed E-state index contributed by atoms with van der Waals surface area (Å²) in [6.45, 7) is 0.762. The molecule has 8 heteroatoms. The number of nitrogens with one attached hydrogen (secondary N) is 1. The SMILES string of the molecule is CN(Cc1nc(N)nc(Nc2ccc(F)cc2)n1)Cc1ccccc1F. The third kappa shape index (κ3) is 4.70. The van der Waals surface area contributed by atoms with Gasteiger partial charge in [-0.25, -0.2) is 8.78 Å². The molecule has 0 radical (unpaired) electrons. The summed E-state index contributed by atoms with van der Waals surface area (Å²) in [6.07, 6.45) is 0. The number of anilines is 3. The average Bonchev–Trinajstić information content (AvgIpc) is 2.58. The number of hydrogen-bond acceptors (Lipinski definition) is 6. The minimum atomic E-state index is -0.332. The van der Waals surface area contributed by atoms with E-state index in [0.717, 1.165) is 0 Å². The van der Waals surface area contributed by atoms with Crippen molar-refractivity contribution in [1.29, 1.82) is 0 Å². The van der Waals surface area contributed by atoms with Crippen molar-refractivity contribution in [3.63, 3.8) is 0 Å². The highest BCUT2D eigenvalue weighted by molar-refractivity contribution is 5.53. The molecule has 6 nitrogen and oxygen atoms in total. The molecule has 3 rings (SSSR count). The zero-order chi connectivity index (χ0) is 18.5. The van der Waals surface area contributed by atoms with Gasteiger partial charge in [0.2, 0.25) is 11.9 Å². The monoisotopic (exact) mass is 356 g/mol. The van der Waals surface area contributed by atoms with Gasteiger partial charge < -0.3 is 11.1 Å². The maximum atomic E-state index is 13.8. The lowest BCUT2D eigenvalue weighted by molar-refractivity contribution is 0.305. The van der Waals surface area contributed by atoms with Gasteiger partial charge >= 0.3 is 0 Å². The fourth-order valence-corrected chi connectivity index (χ4v) is 2.44. The van der Waals surface area contributed by atoms with Crippen LogP contribution in [-0.4, -0.2) is 26.9 Å². The number of aromatic nitrogens is 3. The van der Waals surface area contributed by atoms with Crippen molar-refractivity contribution in [3.8, 4) is 0 Å². The van der Waals surface area contributed by atoms with Gasteiger partial charge in [-0.1, -0.05) is 18.2 Å². The van der Waals surface area contributed by atoms with Gasteiger partial charge in [-0.15, -0.1) is 0 Å². The molecule has 3 aromatic rings. The molecule has 0 aliphatic heterocycles. The Labute approximate surface area is 149 Å². The molecule has 0 saturated heterocycles. The lowest BCUT2D eigenvalue weighted by Gasteiger charge is -2.16. The number of nitrogens with zero attached hydrogens (tertiary/aromatic N) is 4. The van der Waals surface area contributed by atoms with Crippen LogP contribution in [0, 0.1) is 11.6 Å². The van der Waals surface area contributed by atoms with E-state index < -0.39 is 0 Å². The third-order valence-corrected chi connectivity index (χ3v) is 3.61. The Bertz CT molecular complexity index is 885. The fourth-order valence-electron chi connectivity index (χ4n) is 2.44. The summed E-state index contributed by atoms with van der Waals surface area (Å²) in [7, 11) is 1.83. The lowest BCUT2D eigenvalue weighted by Crippen LogP contribution is -2.20. The second kappa shape index (κ2) is 7.83. The summed E-state index contributed by atoms with van der Waals surface area (Å²) < 4.78 is 26.7. The second-order valence-corrected chi connectivity index (χ2v) is 5.83. The molecule has 0 spiro atoms. The van der Waals surface area contributed by atoms with E-state index in [2.05, 4.69) is 20.3 Å². The van der Waals surface area contributed by atoms with E-state index in [4.69, 9.17) is 5.73 Å². The minimum absolute atomic E-state index is 0.0684. The number of hydrogen-bond donors (Lipinski definition) is 2. The van der Waals surface area contributed by atoms with Crippen LogP contribution in [0.3, 0.4) is 0 Å². The highest BCUT2D eigenvalue weighted by atomic mass is 19.1. The Hall–Kier alpha value is -3.13. The van der Waals surface area contributed by atoms with Crippen LogP contribution in [0.5, 0.6) is 0 Å². The van der Waals surface area contributed by atoms with Crippen LogP contribution in [0.2, 0.25) is 0 Å². The van der Waals surface area contributed by atoms with Gasteiger partial charge in [0.25, 0.3) is 0 Å². The Balaban J connectivity index is 1.70. The molecule has 2 aromatic carbocycles. The minimum Gasteiger partial charge on any atom is -0.368 e. The Morgan fingerprint density at radius 3 is 2.42 bits per heavy atom. The molecular weight excluding hydrogens is 338 g/mol. The van der Waals surface area contributed by atoms with Crippen LogP contribution in [0.1, 0.15) is 11.4 Å². The van der Waals surface area contributed by atoms with Crippen molar-refractivity contribution in [1.82, 2.24) is 19.9 Å². The first-order valence-corrected chi connectivity index (χ1v) is 7.94. The molecule has 26 heavy (non-hydrogen) atoms. The summed E-state index contributed by atoms with van der Waals surface area (Å²) in [5.74, 6) is 0.188. The number of benzene rings is 2. The first kappa shape index (κ1) is 17.7. The molecule has 1 aromatic heterocycles. The normalized spacial score (nSPS) is 10.9. The van der Waals surface area contributed by atoms with E-state index in [9.17, 15) is 8.78 Å². The molecule has 0 aliphatic carbocycles. The molecule has 0 saturated carbocycles. The van der Waals surface area contributed by atoms with E-state index in [0.29, 0.717) is 30.2 Å². The van der Waals surface area contributed by atoms with Crippen LogP contribution < -0.4 is 11.1 Å². The molecule has 0 atom stereocenters. The molecular formula is C18H18F2N6. The van der Waals surface area contributed by atoms with E-state index in [-0.39, 0.29) is 23.5 Å². The molecule has 0 bridgehead atoms. The van der Waals surface area contributed by atoms with E-state index >= 15 is 0 Å². The van der Waals surface area contributed by atoms with E-state index in [1.807, 2.05) is 11.9 Å². The molecule has 0 amide bonds. The van der Waals surface area contributed by atoms with Crippen molar-refractivity contribution in [2.75, 3.05) is 18.1 Å². The van der Waals surface area contributed by atoms with Crippen LogP contribution >= 0.6 is 0 Å². The van der Waals surface area contributed by atoms with Crippen LogP contribution in [0.25, 0.3) is 0 Å². The highest BCUT2D eigenvalue weighted by Crippen LogP contribution is 2.15. The number of rotatable bonds is 6. The van der Waals surface area contributed by atoms with Crippen LogP contribution in [0.15, 0.2) is 48.5 Å². The second-order valence-electron chi connectivity index (χ2n) is 5.83. The van der Waals surface area contributed by atoms with Crippen molar-refractivity contribution < 1.29 is 8.78 Å². The van der Waals surface area contributed by atoms with Crippen molar-refractivity contribution in [2.45, 2.75) is 13.1 Å². The van der Waals surface area contributed by atoms with Gasteiger partial charge in [0.05, 0.1) is 6.54 Å². The Morgan fingerprint density at radius 1 is 0.962 bits per heavy atom. The molecule has 0 unspecified atom stereocenters. The maximum absolute atomic E-state index is 13.8. The van der Waals surface area contributed by atoms with Gasteiger partial charge in [0.15, 0.2) is 0 Å². The van der Waals surface area contributed by atoms with Crippen molar-refractivity contribution in [2.24, 2.45) is 0 Å². The van der Waals surface area contributed by atoms with Crippen LogP contribution in [-0.2, 0) is 13.1 Å². The first-order valence-electron chi connectivity index (χ1n) is 7.94. The Morgan fingerprint density at radius 2 is 1.69 bits per heavy atom. The lowest BCUT2D eigenvalue weighted by atomic mass is 10.2. The molecule has 134 valence electrons. The van der Waals surface area contributed by atoms with Gasteiger partial charge in [0.1, 0.15) is 17.5 Å². The summed E-state index contributed by atoms with van der Waals surface area (Å²) in [4.78, 5) is 14.3. The summed E-state index contributed by atoms with van der Waals surface area (Å²) in [5, 5.41) is 2.96. The maximum Gasteiger partial charge on any atom is 0.232 e. The molecule has 1 heterocycles. The summed E-state index contributed by atoms with van der Waals surface area (Å²) in [6, 6.07) is 12.4. The number of halogens is 2. The number of nitrogen functional groups attached to an aromatic ring is 1. The van der Waals surface area contributed by atoms with Gasteiger partial charge in [-0.2, -0.15) is 15.0 Å². The van der Waals surface area contributed by atoms with Crippen molar-refractivity contribution in [3.05, 3.63) is 71.6 Å². The summed E-state index contributed by atoms with van der Waals surface area (Å²) >= 11 is 0. The summed E-state index contributed by atoms with van der Waals surface area (Å²) in [5.41, 5.74) is 6.96. The van der Waals surface area contributed by atoms with Crippen molar-refractivity contribution >= 4 is 17.6 Å². The first-order chi connectivity index (χ1) is 12.5. The zero-order valence-corrected chi connectivity index (χ0v) is 14.2. The predicted molar refractivity (Wildman–Crippen MR) is 95.5 cm³/mol. The Kier molecular flexibility index (Phi) is 5.33. The predicted octanol–water partition coefficient (Wildman–Crippen LogP) is 3.11. The molecule has 0 fully saturated rings. The smallest absolute Gasteiger partial charge is 0.232 e. The van der Waals surface area contributed by atoms with Gasteiger partial charge in [-0.3, -0.25) is 4.90 Å². The van der Waals surface area contributed by atoms with Crippen LogP contribution in [0.4, 0.5) is 26.4 Å². The van der Waals surface area contributed by atoms with E-state index in [1.54, 1.807) is 30.3 Å². The quantitative estimate of drug-likeness (QED) is 0.706. The molecule has 3 N–H and O–H groups in total. The average molecular weight is 356 g/mol.